The van der Waals surface area contributed by atoms with Crippen LogP contribution in [0.3, 0.4) is 0 Å². The molecule has 0 amide bonds. The molecule has 19 heavy (non-hydrogen) atoms. The van der Waals surface area contributed by atoms with Gasteiger partial charge in [-0.3, -0.25) is 0 Å². The van der Waals surface area contributed by atoms with Gasteiger partial charge in [0.05, 0.1) is 17.1 Å². The van der Waals surface area contributed by atoms with Crippen molar-refractivity contribution < 1.29 is 14.6 Å². The van der Waals surface area contributed by atoms with E-state index >= 15 is 0 Å². The van der Waals surface area contributed by atoms with Crippen molar-refractivity contribution in [3.8, 4) is 11.8 Å². The number of nitrogens with zero attached hydrogens (tertiary/aromatic N) is 1. The summed E-state index contributed by atoms with van der Waals surface area (Å²) in [6.45, 7) is 0.498. The summed E-state index contributed by atoms with van der Waals surface area (Å²) >= 11 is 3.38. The van der Waals surface area contributed by atoms with Crippen LogP contribution in [0.15, 0.2) is 28.7 Å². The molecule has 1 rings (SSSR count). The number of ether oxygens (including phenoxy) is 1. The lowest BCUT2D eigenvalue weighted by atomic mass is 10.2. The number of carboxylic acids is 1. The number of aliphatic carboxylic acids is 1. The fourth-order valence-corrected chi connectivity index (χ4v) is 1.95. The molecule has 0 aliphatic heterocycles. The highest BCUT2D eigenvalue weighted by Crippen LogP contribution is 2.30. The van der Waals surface area contributed by atoms with Crippen LogP contribution in [0.25, 0.3) is 6.08 Å². The summed E-state index contributed by atoms with van der Waals surface area (Å²) in [4.78, 5) is 10.5. The first kappa shape index (κ1) is 15.3. The SMILES string of the molecule is N#CCCCCOc1c(Br)cccc1C=CC(=O)O. The van der Waals surface area contributed by atoms with E-state index in [1.807, 2.05) is 12.1 Å². The maximum Gasteiger partial charge on any atom is 0.328 e. The molecule has 0 aromatic heterocycles. The van der Waals surface area contributed by atoms with Gasteiger partial charge in [0.15, 0.2) is 0 Å². The molecule has 5 heteroatoms. The number of hydrogen-bond donors (Lipinski definition) is 1. The molecule has 0 aliphatic rings. The highest BCUT2D eigenvalue weighted by Gasteiger charge is 2.06. The lowest BCUT2D eigenvalue weighted by molar-refractivity contribution is -0.131. The van der Waals surface area contributed by atoms with Crippen LogP contribution in [0.4, 0.5) is 0 Å². The van der Waals surface area contributed by atoms with Crippen molar-refractivity contribution >= 4 is 28.0 Å². The zero-order valence-electron chi connectivity index (χ0n) is 10.3. The van der Waals surface area contributed by atoms with Crippen LogP contribution in [-0.2, 0) is 4.79 Å². The number of carbonyl (C=O) groups is 1. The summed E-state index contributed by atoms with van der Waals surface area (Å²) in [6.07, 6.45) is 4.67. The van der Waals surface area contributed by atoms with Crippen LogP contribution >= 0.6 is 15.9 Å². The van der Waals surface area contributed by atoms with Gasteiger partial charge in [-0.2, -0.15) is 5.26 Å². The molecule has 1 N–H and O–H groups in total. The van der Waals surface area contributed by atoms with E-state index in [-0.39, 0.29) is 0 Å². The van der Waals surface area contributed by atoms with Gasteiger partial charge in [-0.25, -0.2) is 4.79 Å². The zero-order valence-corrected chi connectivity index (χ0v) is 11.9. The molecule has 0 atom stereocenters. The Morgan fingerprint density at radius 2 is 2.26 bits per heavy atom. The van der Waals surface area contributed by atoms with Crippen molar-refractivity contribution in [3.63, 3.8) is 0 Å². The van der Waals surface area contributed by atoms with Gasteiger partial charge in [-0.1, -0.05) is 12.1 Å². The Balaban J connectivity index is 2.70. The molecular formula is C14H14BrNO3. The van der Waals surface area contributed by atoms with Crippen LogP contribution in [0.2, 0.25) is 0 Å². The largest absolute Gasteiger partial charge is 0.492 e. The van der Waals surface area contributed by atoms with E-state index in [1.54, 1.807) is 6.07 Å². The molecule has 0 aliphatic carbocycles. The first-order chi connectivity index (χ1) is 9.15. The summed E-state index contributed by atoms with van der Waals surface area (Å²) in [5.41, 5.74) is 0.706. The van der Waals surface area contributed by atoms with E-state index in [4.69, 9.17) is 15.1 Å². The maximum atomic E-state index is 10.5. The fraction of sp³-hybridized carbons (Fsp3) is 0.286. The third-order valence-corrected chi connectivity index (χ3v) is 2.96. The van der Waals surface area contributed by atoms with Gasteiger partial charge in [0.2, 0.25) is 0 Å². The molecule has 0 saturated carbocycles. The van der Waals surface area contributed by atoms with E-state index in [9.17, 15) is 4.79 Å². The molecule has 0 fully saturated rings. The lowest BCUT2D eigenvalue weighted by Crippen LogP contribution is -1.99. The molecule has 0 radical (unpaired) electrons. The quantitative estimate of drug-likeness (QED) is 0.614. The minimum Gasteiger partial charge on any atom is -0.492 e. The third kappa shape index (κ3) is 5.58. The number of nitriles is 1. The van der Waals surface area contributed by atoms with Crippen molar-refractivity contribution in [2.24, 2.45) is 0 Å². The van der Waals surface area contributed by atoms with Gasteiger partial charge in [0, 0.05) is 18.1 Å². The molecule has 0 heterocycles. The van der Waals surface area contributed by atoms with Crippen LogP contribution in [-0.4, -0.2) is 17.7 Å². The monoisotopic (exact) mass is 323 g/mol. The molecule has 0 saturated heterocycles. The van der Waals surface area contributed by atoms with Gasteiger partial charge >= 0.3 is 5.97 Å². The second-order valence-corrected chi connectivity index (χ2v) is 4.65. The standard InChI is InChI=1S/C14H14BrNO3/c15-12-6-4-5-11(7-8-13(17)18)14(12)19-10-3-1-2-9-16/h4-8H,1-3,10H2,(H,17,18). The van der Waals surface area contributed by atoms with Gasteiger partial charge in [0.1, 0.15) is 5.75 Å². The number of halogens is 1. The normalized spacial score (nSPS) is 10.3. The Morgan fingerprint density at radius 1 is 1.47 bits per heavy atom. The van der Waals surface area contributed by atoms with E-state index in [0.29, 0.717) is 24.3 Å². The molecule has 0 spiro atoms. The minimum absolute atomic E-state index is 0.498. The smallest absolute Gasteiger partial charge is 0.328 e. The van der Waals surface area contributed by atoms with E-state index < -0.39 is 5.97 Å². The predicted octanol–water partition coefficient (Wildman–Crippen LogP) is 3.62. The summed E-state index contributed by atoms with van der Waals surface area (Å²) < 4.78 is 6.42. The highest BCUT2D eigenvalue weighted by atomic mass is 79.9. The van der Waals surface area contributed by atoms with Gasteiger partial charge in [-0.15, -0.1) is 0 Å². The van der Waals surface area contributed by atoms with Crippen LogP contribution in [0.5, 0.6) is 5.75 Å². The Morgan fingerprint density at radius 3 is 2.95 bits per heavy atom. The minimum atomic E-state index is -1.00. The van der Waals surface area contributed by atoms with Crippen LogP contribution in [0.1, 0.15) is 24.8 Å². The summed E-state index contributed by atoms with van der Waals surface area (Å²) in [5.74, 6) is -0.378. The fourth-order valence-electron chi connectivity index (χ4n) is 1.45. The number of para-hydroxylation sites is 1. The van der Waals surface area contributed by atoms with Gasteiger partial charge in [0.25, 0.3) is 0 Å². The second-order valence-electron chi connectivity index (χ2n) is 3.79. The zero-order chi connectivity index (χ0) is 14.1. The van der Waals surface area contributed by atoms with Crippen LogP contribution < -0.4 is 4.74 Å². The number of unbranched alkanes of at least 4 members (excludes halogenated alkanes) is 2. The number of hydrogen-bond acceptors (Lipinski definition) is 3. The summed E-state index contributed by atoms with van der Waals surface area (Å²) in [7, 11) is 0. The summed E-state index contributed by atoms with van der Waals surface area (Å²) in [5, 5.41) is 17.1. The van der Waals surface area contributed by atoms with E-state index in [0.717, 1.165) is 23.4 Å². The molecule has 1 aromatic rings. The topological polar surface area (TPSA) is 70.3 Å². The highest BCUT2D eigenvalue weighted by molar-refractivity contribution is 9.10. The van der Waals surface area contributed by atoms with Crippen molar-refractivity contribution in [1.82, 2.24) is 0 Å². The molecule has 0 unspecified atom stereocenters. The lowest BCUT2D eigenvalue weighted by Gasteiger charge is -2.10. The number of rotatable bonds is 7. The van der Waals surface area contributed by atoms with Gasteiger partial charge < -0.3 is 9.84 Å². The summed E-state index contributed by atoms with van der Waals surface area (Å²) in [6, 6.07) is 7.52. The van der Waals surface area contributed by atoms with Crippen molar-refractivity contribution in [2.45, 2.75) is 19.3 Å². The molecule has 1 aromatic carbocycles. The number of benzene rings is 1. The third-order valence-electron chi connectivity index (χ3n) is 2.33. The molecule has 100 valence electrons. The molecule has 0 bridgehead atoms. The second kappa shape index (κ2) is 8.33. The van der Waals surface area contributed by atoms with Crippen molar-refractivity contribution in [2.75, 3.05) is 6.61 Å². The average molecular weight is 324 g/mol. The van der Waals surface area contributed by atoms with E-state index in [2.05, 4.69) is 22.0 Å². The van der Waals surface area contributed by atoms with Crippen LogP contribution in [0, 0.1) is 11.3 Å². The Hall–Kier alpha value is -1.80. The Labute approximate surface area is 120 Å². The average Bonchev–Trinajstić information content (AvgIpc) is 2.38. The first-order valence-corrected chi connectivity index (χ1v) is 6.63. The van der Waals surface area contributed by atoms with Crippen molar-refractivity contribution in [3.05, 3.63) is 34.3 Å². The van der Waals surface area contributed by atoms with E-state index in [1.165, 1.54) is 6.08 Å². The maximum absolute atomic E-state index is 10.5. The number of carboxylic acid groups (broad SMARTS) is 1. The first-order valence-electron chi connectivity index (χ1n) is 5.84. The molecular weight excluding hydrogens is 310 g/mol. The van der Waals surface area contributed by atoms with Gasteiger partial charge in [-0.05, 0) is 40.9 Å². The molecule has 4 nitrogen and oxygen atoms in total. The Kier molecular flexibility index (Phi) is 6.69. The predicted molar refractivity (Wildman–Crippen MR) is 75.8 cm³/mol. The Bertz CT molecular complexity index is 506. The van der Waals surface area contributed by atoms with Crippen molar-refractivity contribution in [1.29, 1.82) is 5.26 Å².